The van der Waals surface area contributed by atoms with E-state index in [0.717, 1.165) is 24.3 Å². The number of benzene rings is 3. The van der Waals surface area contributed by atoms with Crippen LogP contribution < -0.4 is 15.4 Å². The van der Waals surface area contributed by atoms with E-state index in [1.807, 2.05) is 0 Å². The lowest BCUT2D eigenvalue weighted by molar-refractivity contribution is -0.383. The molecule has 0 radical (unpaired) electrons. The number of phenolic OH excluding ortho intramolecular Hbond substituents is 2. The SMILES string of the molecule is O=[N+]([O-])c1ccc(O)c2c([O-])c3c(O)ccc(N(O)O)c3c([O-])c12. The van der Waals surface area contributed by atoms with E-state index in [9.17, 15) is 41.0 Å². The Labute approximate surface area is 132 Å². The number of anilines is 1. The smallest absolute Gasteiger partial charge is 0.276 e. The monoisotopic (exact) mass is 332 g/mol. The summed E-state index contributed by atoms with van der Waals surface area (Å²) in [5.41, 5.74) is -1.28. The topological polar surface area (TPSA) is 173 Å². The Balaban J connectivity index is 2.72. The number of phenols is 2. The van der Waals surface area contributed by atoms with Crippen molar-refractivity contribution in [3.05, 3.63) is 34.4 Å². The van der Waals surface area contributed by atoms with Gasteiger partial charge in [-0.25, -0.2) is 0 Å². The van der Waals surface area contributed by atoms with Crippen molar-refractivity contribution < 1.29 is 35.8 Å². The van der Waals surface area contributed by atoms with Gasteiger partial charge in [0, 0.05) is 22.2 Å². The van der Waals surface area contributed by atoms with E-state index in [-0.39, 0.29) is 0 Å². The van der Waals surface area contributed by atoms with Crippen molar-refractivity contribution in [1.82, 2.24) is 0 Å². The maximum absolute atomic E-state index is 12.7. The molecule has 124 valence electrons. The van der Waals surface area contributed by atoms with Crippen molar-refractivity contribution in [3.63, 3.8) is 0 Å². The first kappa shape index (κ1) is 15.4. The second kappa shape index (κ2) is 5.01. The van der Waals surface area contributed by atoms with Crippen molar-refractivity contribution in [2.75, 3.05) is 5.23 Å². The molecule has 4 N–H and O–H groups in total. The summed E-state index contributed by atoms with van der Waals surface area (Å²) < 4.78 is 0. The van der Waals surface area contributed by atoms with Gasteiger partial charge in [0.1, 0.15) is 17.2 Å². The first-order chi connectivity index (χ1) is 11.3. The fourth-order valence-corrected chi connectivity index (χ4v) is 2.65. The van der Waals surface area contributed by atoms with Crippen LogP contribution in [0, 0.1) is 10.1 Å². The second-order valence-corrected chi connectivity index (χ2v) is 4.91. The lowest BCUT2D eigenvalue weighted by atomic mass is 9.97. The standard InChI is InChI=1S/C14H10N2O8/c17-7-3-1-5(15(21)22)9-11(7)14(20)12-8(18)4-2-6(16(23)24)10(12)13(9)19/h1-4,17-22H/p-2. The fraction of sp³-hybridized carbons (Fsp3) is 0. The highest BCUT2D eigenvalue weighted by atomic mass is 16.8. The number of hydrogen-bond acceptors (Lipinski definition) is 9. The molecule has 0 saturated carbocycles. The van der Waals surface area contributed by atoms with Gasteiger partial charge in [0.05, 0.1) is 10.3 Å². The zero-order valence-electron chi connectivity index (χ0n) is 11.6. The molecule has 0 atom stereocenters. The Bertz CT molecular complexity index is 1020. The molecule has 0 saturated heterocycles. The second-order valence-electron chi connectivity index (χ2n) is 4.91. The summed E-state index contributed by atoms with van der Waals surface area (Å²) in [5.74, 6) is -3.48. The van der Waals surface area contributed by atoms with E-state index in [0.29, 0.717) is 0 Å². The first-order valence-corrected chi connectivity index (χ1v) is 6.39. The van der Waals surface area contributed by atoms with Crippen molar-refractivity contribution in [3.8, 4) is 23.0 Å². The minimum Gasteiger partial charge on any atom is -0.871 e. The van der Waals surface area contributed by atoms with Crippen LogP contribution in [0.1, 0.15) is 0 Å². The predicted octanol–water partition coefficient (Wildman–Crippen LogP) is 1.04. The van der Waals surface area contributed by atoms with Gasteiger partial charge >= 0.3 is 0 Å². The summed E-state index contributed by atoms with van der Waals surface area (Å²) in [6.07, 6.45) is 0. The van der Waals surface area contributed by atoms with E-state index < -0.39 is 66.1 Å². The first-order valence-electron chi connectivity index (χ1n) is 6.39. The van der Waals surface area contributed by atoms with Gasteiger partial charge in [-0.15, -0.1) is 5.23 Å². The molecule has 3 aromatic rings. The third kappa shape index (κ3) is 1.91. The molecule has 10 nitrogen and oxygen atoms in total. The molecule has 3 rings (SSSR count). The molecule has 0 aliphatic carbocycles. The van der Waals surface area contributed by atoms with Gasteiger partial charge in [-0.1, -0.05) is 11.5 Å². The molecule has 0 fully saturated rings. The summed E-state index contributed by atoms with van der Waals surface area (Å²) in [4.78, 5) is 10.2. The minimum absolute atomic E-state index is 0.441. The largest absolute Gasteiger partial charge is 0.871 e. The van der Waals surface area contributed by atoms with Crippen molar-refractivity contribution in [2.24, 2.45) is 0 Å². The molecule has 3 aromatic carbocycles. The Morgan fingerprint density at radius 3 is 1.88 bits per heavy atom. The summed E-state index contributed by atoms with van der Waals surface area (Å²) in [5, 5.41) is 71.6. The van der Waals surface area contributed by atoms with E-state index in [1.54, 1.807) is 0 Å². The Morgan fingerprint density at radius 1 is 0.833 bits per heavy atom. The van der Waals surface area contributed by atoms with Gasteiger partial charge in [0.15, 0.2) is 0 Å². The quantitative estimate of drug-likeness (QED) is 0.303. The van der Waals surface area contributed by atoms with Crippen LogP contribution in [0.3, 0.4) is 0 Å². The van der Waals surface area contributed by atoms with Crippen molar-refractivity contribution in [1.29, 1.82) is 0 Å². The Morgan fingerprint density at radius 2 is 1.33 bits per heavy atom. The van der Waals surface area contributed by atoms with Crippen LogP contribution >= 0.6 is 0 Å². The maximum Gasteiger partial charge on any atom is 0.276 e. The number of nitrogens with zero attached hydrogens (tertiary/aromatic N) is 2. The molecule has 0 aliphatic rings. The molecule has 0 heterocycles. The van der Waals surface area contributed by atoms with E-state index in [1.165, 1.54) is 0 Å². The molecule has 0 amide bonds. The van der Waals surface area contributed by atoms with Gasteiger partial charge in [0.25, 0.3) is 5.69 Å². The summed E-state index contributed by atoms with van der Waals surface area (Å²) in [7, 11) is 0. The minimum atomic E-state index is -1.11. The average Bonchev–Trinajstić information content (AvgIpc) is 2.51. The molecular weight excluding hydrogens is 324 g/mol. The van der Waals surface area contributed by atoms with E-state index >= 15 is 0 Å². The lowest BCUT2D eigenvalue weighted by Crippen LogP contribution is -2.13. The zero-order valence-corrected chi connectivity index (χ0v) is 11.6. The highest BCUT2D eigenvalue weighted by Crippen LogP contribution is 2.50. The Kier molecular flexibility index (Phi) is 3.21. The van der Waals surface area contributed by atoms with Gasteiger partial charge < -0.3 is 20.4 Å². The number of nitro benzene ring substituents is 1. The van der Waals surface area contributed by atoms with Gasteiger partial charge in [-0.2, -0.15) is 0 Å². The van der Waals surface area contributed by atoms with Crippen LogP contribution in [0.25, 0.3) is 21.5 Å². The van der Waals surface area contributed by atoms with Gasteiger partial charge in [0.2, 0.25) is 0 Å². The maximum atomic E-state index is 12.7. The van der Waals surface area contributed by atoms with E-state index in [4.69, 9.17) is 0 Å². The third-order valence-electron chi connectivity index (χ3n) is 3.64. The lowest BCUT2D eigenvalue weighted by Gasteiger charge is -2.25. The fourth-order valence-electron chi connectivity index (χ4n) is 2.65. The number of aromatic hydroxyl groups is 2. The Hall–Kier alpha value is -3.50. The number of nitro groups is 1. The molecule has 0 aromatic heterocycles. The van der Waals surface area contributed by atoms with Crippen LogP contribution in [0.4, 0.5) is 11.4 Å². The predicted molar refractivity (Wildman–Crippen MR) is 76.4 cm³/mol. The number of fused-ring (bicyclic) bond motifs is 2. The average molecular weight is 332 g/mol. The molecule has 0 aliphatic heterocycles. The summed E-state index contributed by atoms with van der Waals surface area (Å²) in [6.45, 7) is 0. The van der Waals surface area contributed by atoms with Gasteiger partial charge in [-0.3, -0.25) is 20.5 Å². The number of hydrogen-bond donors (Lipinski definition) is 4. The highest BCUT2D eigenvalue weighted by molar-refractivity contribution is 6.19. The van der Waals surface area contributed by atoms with Crippen LogP contribution in [0.15, 0.2) is 24.3 Å². The zero-order chi connectivity index (χ0) is 17.8. The molecule has 0 bridgehead atoms. The summed E-state index contributed by atoms with van der Waals surface area (Å²) in [6, 6.07) is 3.62. The normalized spacial score (nSPS) is 11.1. The number of rotatable bonds is 2. The summed E-state index contributed by atoms with van der Waals surface area (Å²) >= 11 is 0. The molecule has 0 spiro atoms. The van der Waals surface area contributed by atoms with Crippen LogP contribution in [0.5, 0.6) is 23.0 Å². The molecule has 10 heteroatoms. The van der Waals surface area contributed by atoms with Crippen LogP contribution in [-0.2, 0) is 0 Å². The van der Waals surface area contributed by atoms with Crippen molar-refractivity contribution >= 4 is 32.9 Å². The number of non-ortho nitro benzene ring substituents is 1. The molecule has 24 heavy (non-hydrogen) atoms. The van der Waals surface area contributed by atoms with Crippen LogP contribution in [0.2, 0.25) is 0 Å². The van der Waals surface area contributed by atoms with Crippen molar-refractivity contribution in [2.45, 2.75) is 0 Å². The van der Waals surface area contributed by atoms with E-state index in [2.05, 4.69) is 0 Å². The van der Waals surface area contributed by atoms with Crippen LogP contribution in [-0.4, -0.2) is 25.6 Å². The molecular formula is C14H8N2O8-2. The third-order valence-corrected chi connectivity index (χ3v) is 3.64. The molecule has 0 unspecified atom stereocenters. The highest BCUT2D eigenvalue weighted by Gasteiger charge is 2.21. The van der Waals surface area contributed by atoms with Gasteiger partial charge in [-0.05, 0) is 18.2 Å².